The van der Waals surface area contributed by atoms with Gasteiger partial charge in [0.25, 0.3) is 0 Å². The summed E-state index contributed by atoms with van der Waals surface area (Å²) in [7, 11) is -0.287. The van der Waals surface area contributed by atoms with Crippen LogP contribution in [-0.4, -0.2) is 24.2 Å². The second-order valence-electron chi connectivity index (χ2n) is 5.77. The van der Waals surface area contributed by atoms with Crippen molar-refractivity contribution in [2.24, 2.45) is 0 Å². The molecule has 0 saturated carbocycles. The summed E-state index contributed by atoms with van der Waals surface area (Å²) >= 11 is 5.78. The molecular formula is C14H20BClO2. The molecule has 0 aliphatic carbocycles. The Morgan fingerprint density at radius 3 is 2.28 bits per heavy atom. The molecule has 1 aliphatic rings. The second kappa shape index (κ2) is 4.88. The summed E-state index contributed by atoms with van der Waals surface area (Å²) in [6, 6.07) is 8.27. The lowest BCUT2D eigenvalue weighted by Gasteiger charge is -2.32. The van der Waals surface area contributed by atoms with Crippen LogP contribution < -0.4 is 5.46 Å². The van der Waals surface area contributed by atoms with E-state index in [1.54, 1.807) is 0 Å². The van der Waals surface area contributed by atoms with Crippen LogP contribution in [0, 0.1) is 0 Å². The largest absolute Gasteiger partial charge is 0.494 e. The summed E-state index contributed by atoms with van der Waals surface area (Å²) in [5.41, 5.74) is 1.70. The minimum atomic E-state index is -0.292. The van der Waals surface area contributed by atoms with E-state index in [0.29, 0.717) is 5.88 Å². The van der Waals surface area contributed by atoms with Crippen LogP contribution in [0.25, 0.3) is 0 Å². The number of alkyl halides is 1. The van der Waals surface area contributed by atoms with Gasteiger partial charge >= 0.3 is 7.12 Å². The minimum Gasteiger partial charge on any atom is -0.399 e. The van der Waals surface area contributed by atoms with Crippen LogP contribution in [-0.2, 0) is 15.7 Å². The van der Waals surface area contributed by atoms with Crippen LogP contribution in [0.3, 0.4) is 0 Å². The summed E-state index contributed by atoms with van der Waals surface area (Å²) in [6.07, 6.45) is 0.870. The zero-order valence-electron chi connectivity index (χ0n) is 11.5. The van der Waals surface area contributed by atoms with Crippen molar-refractivity contribution in [1.29, 1.82) is 0 Å². The van der Waals surface area contributed by atoms with E-state index < -0.39 is 0 Å². The van der Waals surface area contributed by atoms with Crippen molar-refractivity contribution in [2.45, 2.75) is 45.3 Å². The second-order valence-corrected chi connectivity index (χ2v) is 6.15. The molecule has 0 N–H and O–H groups in total. The van der Waals surface area contributed by atoms with Crippen LogP contribution in [0.4, 0.5) is 0 Å². The molecule has 4 heteroatoms. The standard InChI is InChI=1S/C14H20BClO2/c1-13(2)14(3,4)18-15(17-13)12-7-5-6-11(10-12)8-9-16/h5-7,10H,8-9H2,1-4H3. The van der Waals surface area contributed by atoms with Gasteiger partial charge in [0.1, 0.15) is 0 Å². The molecule has 0 radical (unpaired) electrons. The van der Waals surface area contributed by atoms with Crippen molar-refractivity contribution in [3.8, 4) is 0 Å². The van der Waals surface area contributed by atoms with Gasteiger partial charge in [-0.05, 0) is 45.1 Å². The number of benzene rings is 1. The zero-order valence-corrected chi connectivity index (χ0v) is 12.3. The van der Waals surface area contributed by atoms with E-state index >= 15 is 0 Å². The van der Waals surface area contributed by atoms with E-state index in [0.717, 1.165) is 11.9 Å². The van der Waals surface area contributed by atoms with Gasteiger partial charge in [0.2, 0.25) is 0 Å². The smallest absolute Gasteiger partial charge is 0.399 e. The molecule has 18 heavy (non-hydrogen) atoms. The third-order valence-corrected chi connectivity index (χ3v) is 4.05. The molecule has 0 amide bonds. The lowest BCUT2D eigenvalue weighted by Crippen LogP contribution is -2.41. The number of halogens is 1. The molecule has 0 unspecified atom stereocenters. The fourth-order valence-corrected chi connectivity index (χ4v) is 2.20. The average Bonchev–Trinajstić information content (AvgIpc) is 2.49. The minimum absolute atomic E-state index is 0.287. The third-order valence-electron chi connectivity index (χ3n) is 3.86. The van der Waals surface area contributed by atoms with Crippen molar-refractivity contribution in [2.75, 3.05) is 5.88 Å². The molecular weight excluding hydrogens is 246 g/mol. The molecule has 1 fully saturated rings. The first-order valence-corrected chi connectivity index (χ1v) is 6.90. The van der Waals surface area contributed by atoms with Crippen LogP contribution >= 0.6 is 11.6 Å². The third kappa shape index (κ3) is 2.58. The molecule has 0 aromatic heterocycles. The molecule has 0 spiro atoms. The van der Waals surface area contributed by atoms with Crippen molar-refractivity contribution in [3.63, 3.8) is 0 Å². The lowest BCUT2D eigenvalue weighted by atomic mass is 9.78. The molecule has 98 valence electrons. The zero-order chi connectivity index (χ0) is 13.4. The van der Waals surface area contributed by atoms with Crippen LogP contribution in [0.15, 0.2) is 24.3 Å². The summed E-state index contributed by atoms with van der Waals surface area (Å²) in [5.74, 6) is 0.632. The first kappa shape index (κ1) is 13.9. The molecule has 0 bridgehead atoms. The molecule has 1 aromatic carbocycles. The topological polar surface area (TPSA) is 18.5 Å². The Labute approximate surface area is 115 Å². The van der Waals surface area contributed by atoms with Crippen LogP contribution in [0.5, 0.6) is 0 Å². The fraction of sp³-hybridized carbons (Fsp3) is 0.571. The highest BCUT2D eigenvalue weighted by Gasteiger charge is 2.51. The Balaban J connectivity index is 2.21. The number of hydrogen-bond acceptors (Lipinski definition) is 2. The van der Waals surface area contributed by atoms with Gasteiger partial charge in [0.15, 0.2) is 0 Å². The van der Waals surface area contributed by atoms with Gasteiger partial charge in [-0.1, -0.05) is 24.3 Å². The molecule has 1 aromatic rings. The van der Waals surface area contributed by atoms with Gasteiger partial charge in [-0.15, -0.1) is 11.6 Å². The average molecular weight is 267 g/mol. The van der Waals surface area contributed by atoms with Gasteiger partial charge in [-0.2, -0.15) is 0 Å². The molecule has 2 rings (SSSR count). The number of rotatable bonds is 3. The van der Waals surface area contributed by atoms with E-state index in [4.69, 9.17) is 20.9 Å². The maximum Gasteiger partial charge on any atom is 0.494 e. The Bertz CT molecular complexity index is 416. The van der Waals surface area contributed by atoms with Gasteiger partial charge in [0.05, 0.1) is 11.2 Å². The first-order valence-electron chi connectivity index (χ1n) is 6.36. The Morgan fingerprint density at radius 1 is 1.11 bits per heavy atom. The first-order chi connectivity index (χ1) is 8.36. The van der Waals surface area contributed by atoms with Crippen molar-refractivity contribution in [1.82, 2.24) is 0 Å². The molecule has 1 aliphatic heterocycles. The Morgan fingerprint density at radius 2 is 1.72 bits per heavy atom. The SMILES string of the molecule is CC1(C)OB(c2cccc(CCCl)c2)OC1(C)C. The monoisotopic (exact) mass is 266 g/mol. The highest BCUT2D eigenvalue weighted by Crippen LogP contribution is 2.36. The summed E-state index contributed by atoms with van der Waals surface area (Å²) in [4.78, 5) is 0. The normalized spacial score (nSPS) is 21.3. The van der Waals surface area contributed by atoms with E-state index in [1.807, 2.05) is 12.1 Å². The predicted molar refractivity (Wildman–Crippen MR) is 76.6 cm³/mol. The van der Waals surface area contributed by atoms with Crippen molar-refractivity contribution >= 4 is 24.2 Å². The predicted octanol–water partition coefficient (Wildman–Crippen LogP) is 2.77. The van der Waals surface area contributed by atoms with E-state index in [2.05, 4.69) is 39.8 Å². The van der Waals surface area contributed by atoms with E-state index in [9.17, 15) is 0 Å². The highest BCUT2D eigenvalue weighted by molar-refractivity contribution is 6.62. The van der Waals surface area contributed by atoms with Gasteiger partial charge < -0.3 is 9.31 Å². The van der Waals surface area contributed by atoms with Gasteiger partial charge in [-0.3, -0.25) is 0 Å². The maximum absolute atomic E-state index is 6.03. The van der Waals surface area contributed by atoms with E-state index in [1.165, 1.54) is 5.56 Å². The Hall–Kier alpha value is -0.505. The lowest BCUT2D eigenvalue weighted by molar-refractivity contribution is 0.00578. The fourth-order valence-electron chi connectivity index (χ4n) is 1.98. The number of aryl methyl sites for hydroxylation is 1. The molecule has 1 heterocycles. The summed E-state index contributed by atoms with van der Waals surface area (Å²) < 4.78 is 12.1. The number of hydrogen-bond donors (Lipinski definition) is 0. The highest BCUT2D eigenvalue weighted by atomic mass is 35.5. The van der Waals surface area contributed by atoms with Gasteiger partial charge in [-0.25, -0.2) is 0 Å². The molecule has 2 nitrogen and oxygen atoms in total. The van der Waals surface area contributed by atoms with Crippen molar-refractivity contribution < 1.29 is 9.31 Å². The molecule has 0 atom stereocenters. The summed E-state index contributed by atoms with van der Waals surface area (Å²) in [5, 5.41) is 0. The Kier molecular flexibility index (Phi) is 3.77. The van der Waals surface area contributed by atoms with Gasteiger partial charge in [0, 0.05) is 5.88 Å². The van der Waals surface area contributed by atoms with Crippen molar-refractivity contribution in [3.05, 3.63) is 29.8 Å². The maximum atomic E-state index is 6.03. The van der Waals surface area contributed by atoms with Crippen LogP contribution in [0.1, 0.15) is 33.3 Å². The quantitative estimate of drug-likeness (QED) is 0.619. The summed E-state index contributed by atoms with van der Waals surface area (Å²) in [6.45, 7) is 8.26. The molecule has 1 saturated heterocycles. The van der Waals surface area contributed by atoms with E-state index in [-0.39, 0.29) is 18.3 Å². The van der Waals surface area contributed by atoms with Crippen LogP contribution in [0.2, 0.25) is 0 Å².